The Morgan fingerprint density at radius 2 is 1.46 bits per heavy atom. The zero-order valence-corrected chi connectivity index (χ0v) is 17.1. The number of likely N-dealkylation sites (N-methyl/N-ethyl adjacent to an activating group) is 1. The average molecular weight is 329 g/mol. The quantitative estimate of drug-likeness (QED) is 0.677. The minimum atomic E-state index is -0.126. The van der Waals surface area contributed by atoms with Gasteiger partial charge in [-0.05, 0) is 43.7 Å². The lowest BCUT2D eigenvalue weighted by Crippen LogP contribution is -2.55. The van der Waals surface area contributed by atoms with E-state index < -0.39 is 0 Å². The third kappa shape index (κ3) is 5.08. The molecule has 2 atom stereocenters. The van der Waals surface area contributed by atoms with E-state index in [2.05, 4.69) is 104 Å². The van der Waals surface area contributed by atoms with Crippen molar-refractivity contribution in [2.24, 2.45) is 10.8 Å². The van der Waals surface area contributed by atoms with Crippen molar-refractivity contribution in [2.45, 2.75) is 79.3 Å². The molecule has 2 heteroatoms. The van der Waals surface area contributed by atoms with Crippen LogP contribution in [-0.2, 0) is 0 Å². The van der Waals surface area contributed by atoms with E-state index in [4.69, 9.17) is 0 Å². The maximum atomic E-state index is 9.79. The molecule has 0 heterocycles. The molecule has 1 rings (SSSR count). The molecule has 0 aliphatic heterocycles. The van der Waals surface area contributed by atoms with Gasteiger partial charge >= 0.3 is 0 Å². The molecule has 1 aromatic rings. The first-order valence-corrected chi connectivity index (χ1v) is 8.98. The fraction of sp³-hybridized carbons (Fsp3) is 0.682. The molecular formula is C22H36N2. The number of rotatable bonds is 5. The Kier molecular flexibility index (Phi) is 6.28. The molecule has 0 saturated heterocycles. The lowest BCUT2D eigenvalue weighted by molar-refractivity contribution is 0.0391. The molecule has 0 saturated carbocycles. The standard InChI is InChI=1S/C22H36N2/c1-20(2,3)15-18(17-13-11-10-12-14-17)22(7,8)24(9)19(16-23)21(4,5)6/h10-14,18-19H,15H2,1-9H3. The van der Waals surface area contributed by atoms with E-state index in [1.165, 1.54) is 5.56 Å². The summed E-state index contributed by atoms with van der Waals surface area (Å²) < 4.78 is 0. The van der Waals surface area contributed by atoms with Crippen molar-refractivity contribution in [2.75, 3.05) is 7.05 Å². The van der Waals surface area contributed by atoms with Gasteiger partial charge in [-0.15, -0.1) is 0 Å². The Morgan fingerprint density at radius 1 is 0.958 bits per heavy atom. The van der Waals surface area contributed by atoms with Gasteiger partial charge in [-0.2, -0.15) is 5.26 Å². The number of nitrogens with zero attached hydrogens (tertiary/aromatic N) is 2. The van der Waals surface area contributed by atoms with Crippen LogP contribution >= 0.6 is 0 Å². The first-order valence-electron chi connectivity index (χ1n) is 8.98. The molecular weight excluding hydrogens is 292 g/mol. The van der Waals surface area contributed by atoms with Crippen molar-refractivity contribution in [3.63, 3.8) is 0 Å². The van der Waals surface area contributed by atoms with Gasteiger partial charge in [0, 0.05) is 11.5 Å². The molecule has 2 nitrogen and oxygen atoms in total. The molecule has 0 aromatic heterocycles. The minimum Gasteiger partial charge on any atom is -0.285 e. The average Bonchev–Trinajstić information content (AvgIpc) is 2.43. The van der Waals surface area contributed by atoms with E-state index in [1.807, 2.05) is 0 Å². The highest BCUT2D eigenvalue weighted by Gasteiger charge is 2.42. The van der Waals surface area contributed by atoms with E-state index in [9.17, 15) is 5.26 Å². The maximum absolute atomic E-state index is 9.79. The predicted octanol–water partition coefficient (Wildman–Crippen LogP) is 5.86. The molecule has 2 unspecified atom stereocenters. The first-order chi connectivity index (χ1) is 10.8. The molecule has 0 aliphatic carbocycles. The van der Waals surface area contributed by atoms with Gasteiger partial charge in [0.2, 0.25) is 0 Å². The summed E-state index contributed by atoms with van der Waals surface area (Å²) >= 11 is 0. The highest BCUT2D eigenvalue weighted by Crippen LogP contribution is 2.43. The van der Waals surface area contributed by atoms with Gasteiger partial charge in [0.15, 0.2) is 0 Å². The summed E-state index contributed by atoms with van der Waals surface area (Å²) in [5, 5.41) is 9.79. The molecule has 0 bridgehead atoms. The van der Waals surface area contributed by atoms with Gasteiger partial charge in [0.05, 0.1) is 6.07 Å². The second-order valence-corrected chi connectivity index (χ2v) is 9.89. The number of nitriles is 1. The lowest BCUT2D eigenvalue weighted by Gasteiger charge is -2.49. The Hall–Kier alpha value is -1.33. The fourth-order valence-electron chi connectivity index (χ4n) is 3.51. The van der Waals surface area contributed by atoms with E-state index in [0.29, 0.717) is 5.92 Å². The van der Waals surface area contributed by atoms with Crippen LogP contribution in [0.25, 0.3) is 0 Å². The van der Waals surface area contributed by atoms with Crippen molar-refractivity contribution >= 4 is 0 Å². The van der Waals surface area contributed by atoms with Crippen LogP contribution in [0.3, 0.4) is 0 Å². The zero-order chi connectivity index (χ0) is 18.8. The largest absolute Gasteiger partial charge is 0.285 e. The molecule has 24 heavy (non-hydrogen) atoms. The van der Waals surface area contributed by atoms with E-state index in [1.54, 1.807) is 0 Å². The fourth-order valence-corrected chi connectivity index (χ4v) is 3.51. The first kappa shape index (κ1) is 20.7. The van der Waals surface area contributed by atoms with Crippen molar-refractivity contribution in [1.82, 2.24) is 4.90 Å². The number of benzene rings is 1. The van der Waals surface area contributed by atoms with Gasteiger partial charge in [-0.1, -0.05) is 71.9 Å². The van der Waals surface area contributed by atoms with Crippen LogP contribution in [0.15, 0.2) is 30.3 Å². The highest BCUT2D eigenvalue weighted by molar-refractivity contribution is 5.24. The SMILES string of the molecule is CN(C(C#N)C(C)(C)C)C(C)(C)C(CC(C)(C)C)c1ccccc1. The maximum Gasteiger partial charge on any atom is 0.103 e. The van der Waals surface area contributed by atoms with Crippen LogP contribution in [0.2, 0.25) is 0 Å². The summed E-state index contributed by atoms with van der Waals surface area (Å²) in [5.74, 6) is 0.363. The predicted molar refractivity (Wildman–Crippen MR) is 104 cm³/mol. The van der Waals surface area contributed by atoms with Crippen molar-refractivity contribution in [1.29, 1.82) is 5.26 Å². The Labute approximate surface area is 149 Å². The molecule has 0 fully saturated rings. The van der Waals surface area contributed by atoms with Gasteiger partial charge < -0.3 is 0 Å². The summed E-state index contributed by atoms with van der Waals surface area (Å²) in [5.41, 5.74) is 1.38. The second-order valence-electron chi connectivity index (χ2n) is 9.89. The van der Waals surface area contributed by atoms with Crippen LogP contribution in [-0.4, -0.2) is 23.5 Å². The van der Waals surface area contributed by atoms with Crippen LogP contribution in [0.5, 0.6) is 0 Å². The van der Waals surface area contributed by atoms with Gasteiger partial charge in [-0.3, -0.25) is 4.90 Å². The Bertz CT molecular complexity index is 552. The smallest absolute Gasteiger partial charge is 0.103 e. The highest BCUT2D eigenvalue weighted by atomic mass is 15.2. The van der Waals surface area contributed by atoms with E-state index >= 15 is 0 Å². The molecule has 0 N–H and O–H groups in total. The van der Waals surface area contributed by atoms with Crippen LogP contribution in [0.1, 0.15) is 73.3 Å². The molecule has 1 aromatic carbocycles. The van der Waals surface area contributed by atoms with Crippen molar-refractivity contribution in [3.05, 3.63) is 35.9 Å². The molecule has 0 aliphatic rings. The van der Waals surface area contributed by atoms with Crippen molar-refractivity contribution < 1.29 is 0 Å². The van der Waals surface area contributed by atoms with Gasteiger partial charge in [0.25, 0.3) is 0 Å². The normalized spacial score (nSPS) is 15.9. The van der Waals surface area contributed by atoms with Crippen molar-refractivity contribution in [3.8, 4) is 6.07 Å². The summed E-state index contributed by atoms with van der Waals surface area (Å²) in [6, 6.07) is 13.2. The Balaban J connectivity index is 3.32. The summed E-state index contributed by atoms with van der Waals surface area (Å²) in [6.45, 7) is 17.9. The number of hydrogen-bond donors (Lipinski definition) is 0. The van der Waals surface area contributed by atoms with Gasteiger partial charge in [0.1, 0.15) is 6.04 Å². The molecule has 134 valence electrons. The summed E-state index contributed by atoms with van der Waals surface area (Å²) in [6.07, 6.45) is 1.08. The monoisotopic (exact) mass is 328 g/mol. The number of hydrogen-bond acceptors (Lipinski definition) is 2. The molecule has 0 radical (unpaired) electrons. The third-order valence-corrected chi connectivity index (χ3v) is 5.11. The lowest BCUT2D eigenvalue weighted by atomic mass is 9.70. The minimum absolute atomic E-state index is 0.0796. The van der Waals surface area contributed by atoms with Crippen LogP contribution in [0, 0.1) is 22.2 Å². The van der Waals surface area contributed by atoms with Crippen LogP contribution in [0.4, 0.5) is 0 Å². The second kappa shape index (κ2) is 7.28. The molecule has 0 spiro atoms. The molecule has 0 amide bonds. The third-order valence-electron chi connectivity index (χ3n) is 5.11. The Morgan fingerprint density at radius 3 is 1.83 bits per heavy atom. The zero-order valence-electron chi connectivity index (χ0n) is 17.1. The van der Waals surface area contributed by atoms with E-state index in [-0.39, 0.29) is 22.4 Å². The van der Waals surface area contributed by atoms with Gasteiger partial charge in [-0.25, -0.2) is 0 Å². The van der Waals surface area contributed by atoms with E-state index in [0.717, 1.165) is 6.42 Å². The topological polar surface area (TPSA) is 27.0 Å². The summed E-state index contributed by atoms with van der Waals surface area (Å²) in [4.78, 5) is 2.29. The summed E-state index contributed by atoms with van der Waals surface area (Å²) in [7, 11) is 2.11. The van der Waals surface area contributed by atoms with Crippen LogP contribution < -0.4 is 0 Å².